The summed E-state index contributed by atoms with van der Waals surface area (Å²) in [6.07, 6.45) is 3.67. The molecule has 2 aromatic rings. The first-order chi connectivity index (χ1) is 11.7. The lowest BCUT2D eigenvalue weighted by molar-refractivity contribution is 0.177. The Bertz CT molecular complexity index is 667. The Morgan fingerprint density at radius 2 is 1.83 bits per heavy atom. The predicted molar refractivity (Wildman–Crippen MR) is 101 cm³/mol. The van der Waals surface area contributed by atoms with E-state index in [1.807, 2.05) is 12.1 Å². The van der Waals surface area contributed by atoms with E-state index in [9.17, 15) is 5.11 Å². The average molecular weight is 390 g/mol. The van der Waals surface area contributed by atoms with Gasteiger partial charge >= 0.3 is 0 Å². The number of benzene rings is 2. The van der Waals surface area contributed by atoms with E-state index in [0.29, 0.717) is 10.2 Å². The molecule has 0 aliphatic carbocycles. The highest BCUT2D eigenvalue weighted by molar-refractivity contribution is 9.10. The van der Waals surface area contributed by atoms with Gasteiger partial charge < -0.3 is 9.84 Å². The van der Waals surface area contributed by atoms with Gasteiger partial charge in [-0.2, -0.15) is 0 Å². The summed E-state index contributed by atoms with van der Waals surface area (Å²) < 4.78 is 5.93. The van der Waals surface area contributed by atoms with Gasteiger partial charge in [-0.1, -0.05) is 30.3 Å². The Morgan fingerprint density at radius 3 is 2.50 bits per heavy atom. The first-order valence-corrected chi connectivity index (χ1v) is 9.26. The fraction of sp³-hybridized carbons (Fsp3) is 0.400. The van der Waals surface area contributed by atoms with Crippen LogP contribution in [-0.2, 0) is 13.0 Å². The predicted octanol–water partition coefficient (Wildman–Crippen LogP) is 4.62. The molecule has 4 heteroatoms. The van der Waals surface area contributed by atoms with Crippen LogP contribution in [0.1, 0.15) is 24.0 Å². The number of ether oxygens (including phenoxy) is 1. The maximum Gasteiger partial charge on any atom is 0.172 e. The summed E-state index contributed by atoms with van der Waals surface area (Å²) in [5.74, 6) is 1.48. The fourth-order valence-electron chi connectivity index (χ4n) is 3.43. The molecule has 3 nitrogen and oxygen atoms in total. The number of rotatable bonds is 5. The van der Waals surface area contributed by atoms with Crippen LogP contribution in [0, 0.1) is 5.92 Å². The number of phenols is 1. The maximum absolute atomic E-state index is 9.92. The quantitative estimate of drug-likeness (QED) is 0.809. The molecule has 0 amide bonds. The second-order valence-electron chi connectivity index (χ2n) is 6.54. The highest BCUT2D eigenvalue weighted by Gasteiger charge is 2.20. The molecule has 2 aromatic carbocycles. The summed E-state index contributed by atoms with van der Waals surface area (Å²) in [5.41, 5.74) is 2.61. The van der Waals surface area contributed by atoms with E-state index in [0.717, 1.165) is 31.1 Å². The number of phenolic OH excluding ortho intramolecular Hbond substituents is 1. The summed E-state index contributed by atoms with van der Waals surface area (Å²) in [7, 11) is 1.58. The van der Waals surface area contributed by atoms with Crippen LogP contribution in [0.5, 0.6) is 11.5 Å². The van der Waals surface area contributed by atoms with Gasteiger partial charge in [0.2, 0.25) is 0 Å². The van der Waals surface area contributed by atoms with Crippen LogP contribution in [0.3, 0.4) is 0 Å². The van der Waals surface area contributed by atoms with E-state index >= 15 is 0 Å². The van der Waals surface area contributed by atoms with Crippen LogP contribution in [0.4, 0.5) is 0 Å². The van der Waals surface area contributed by atoms with Crippen molar-refractivity contribution < 1.29 is 9.84 Å². The number of aromatic hydroxyl groups is 1. The second-order valence-corrected chi connectivity index (χ2v) is 7.39. The van der Waals surface area contributed by atoms with Gasteiger partial charge in [0.15, 0.2) is 11.5 Å². The van der Waals surface area contributed by atoms with Crippen molar-refractivity contribution in [3.63, 3.8) is 0 Å². The monoisotopic (exact) mass is 389 g/mol. The lowest BCUT2D eigenvalue weighted by Crippen LogP contribution is -2.33. The fourth-order valence-corrected chi connectivity index (χ4v) is 3.92. The van der Waals surface area contributed by atoms with Crippen molar-refractivity contribution in [2.45, 2.75) is 25.8 Å². The van der Waals surface area contributed by atoms with E-state index in [4.69, 9.17) is 4.74 Å². The van der Waals surface area contributed by atoms with Gasteiger partial charge in [0.05, 0.1) is 11.6 Å². The Morgan fingerprint density at radius 1 is 1.12 bits per heavy atom. The molecule has 1 aliphatic rings. The van der Waals surface area contributed by atoms with Crippen LogP contribution in [-0.4, -0.2) is 30.2 Å². The zero-order valence-electron chi connectivity index (χ0n) is 14.0. The van der Waals surface area contributed by atoms with Crippen molar-refractivity contribution in [3.05, 3.63) is 58.1 Å². The zero-order valence-corrected chi connectivity index (χ0v) is 15.6. The molecular weight excluding hydrogens is 366 g/mol. The molecule has 0 aromatic heterocycles. The summed E-state index contributed by atoms with van der Waals surface area (Å²) in [6.45, 7) is 3.14. The minimum Gasteiger partial charge on any atom is -0.503 e. The largest absolute Gasteiger partial charge is 0.503 e. The van der Waals surface area contributed by atoms with Crippen LogP contribution >= 0.6 is 15.9 Å². The minimum absolute atomic E-state index is 0.169. The number of hydrogen-bond acceptors (Lipinski definition) is 3. The molecule has 1 fully saturated rings. The lowest BCUT2D eigenvalue weighted by Gasteiger charge is -2.32. The molecule has 1 N–H and O–H groups in total. The maximum atomic E-state index is 9.92. The van der Waals surface area contributed by atoms with Crippen LogP contribution in [0.25, 0.3) is 0 Å². The molecule has 3 rings (SSSR count). The van der Waals surface area contributed by atoms with Crippen molar-refractivity contribution in [1.82, 2.24) is 4.90 Å². The Labute approximate surface area is 152 Å². The Kier molecular flexibility index (Phi) is 5.80. The summed E-state index contributed by atoms with van der Waals surface area (Å²) in [4.78, 5) is 2.49. The van der Waals surface area contributed by atoms with E-state index in [2.05, 4.69) is 51.2 Å². The third kappa shape index (κ3) is 4.31. The van der Waals surface area contributed by atoms with Gasteiger partial charge in [0.1, 0.15) is 0 Å². The van der Waals surface area contributed by atoms with Crippen molar-refractivity contribution in [1.29, 1.82) is 0 Å². The Balaban J connectivity index is 1.55. The van der Waals surface area contributed by atoms with Gasteiger partial charge in [-0.25, -0.2) is 0 Å². The number of hydrogen-bond donors (Lipinski definition) is 1. The van der Waals surface area contributed by atoms with Crippen molar-refractivity contribution in [3.8, 4) is 11.5 Å². The Hall–Kier alpha value is -1.52. The van der Waals surface area contributed by atoms with Crippen molar-refractivity contribution in [2.24, 2.45) is 5.92 Å². The number of likely N-dealkylation sites (tertiary alicyclic amines) is 1. The van der Waals surface area contributed by atoms with E-state index in [-0.39, 0.29) is 5.75 Å². The molecule has 1 aliphatic heterocycles. The molecule has 1 heterocycles. The topological polar surface area (TPSA) is 32.7 Å². The number of piperidine rings is 1. The van der Waals surface area contributed by atoms with Gasteiger partial charge in [0, 0.05) is 6.54 Å². The first kappa shape index (κ1) is 17.3. The highest BCUT2D eigenvalue weighted by atomic mass is 79.9. The van der Waals surface area contributed by atoms with Crippen LogP contribution in [0.15, 0.2) is 46.9 Å². The number of nitrogens with zero attached hydrogens (tertiary/aromatic N) is 1. The van der Waals surface area contributed by atoms with Gasteiger partial charge in [-0.15, -0.1) is 0 Å². The van der Waals surface area contributed by atoms with E-state index in [1.165, 1.54) is 24.8 Å². The molecule has 0 atom stereocenters. The van der Waals surface area contributed by atoms with Crippen molar-refractivity contribution >= 4 is 15.9 Å². The van der Waals surface area contributed by atoms with Crippen LogP contribution in [0.2, 0.25) is 0 Å². The molecule has 24 heavy (non-hydrogen) atoms. The molecule has 0 bridgehead atoms. The number of halogens is 1. The summed E-state index contributed by atoms with van der Waals surface area (Å²) in [6, 6.07) is 14.7. The standard InChI is InChI=1S/C20H24BrNO2/c1-24-19-13-17(12-18(21)20(19)23)14-22-9-7-16(8-10-22)11-15-5-3-2-4-6-15/h2-6,12-13,16,23H,7-11,14H2,1H3. The highest BCUT2D eigenvalue weighted by Crippen LogP contribution is 2.35. The zero-order chi connectivity index (χ0) is 16.9. The smallest absolute Gasteiger partial charge is 0.172 e. The SMILES string of the molecule is COc1cc(CN2CCC(Cc3ccccc3)CC2)cc(Br)c1O. The summed E-state index contributed by atoms with van der Waals surface area (Å²) >= 11 is 3.40. The molecule has 128 valence electrons. The minimum atomic E-state index is 0.169. The average Bonchev–Trinajstić information content (AvgIpc) is 2.60. The lowest BCUT2D eigenvalue weighted by atomic mass is 9.90. The molecule has 0 unspecified atom stereocenters. The molecule has 0 radical (unpaired) electrons. The molecule has 0 spiro atoms. The third-order valence-corrected chi connectivity index (χ3v) is 5.39. The molecule has 0 saturated carbocycles. The summed E-state index contributed by atoms with van der Waals surface area (Å²) in [5, 5.41) is 9.92. The third-order valence-electron chi connectivity index (χ3n) is 4.79. The van der Waals surface area contributed by atoms with Crippen molar-refractivity contribution in [2.75, 3.05) is 20.2 Å². The molecule has 1 saturated heterocycles. The van der Waals surface area contributed by atoms with Crippen LogP contribution < -0.4 is 4.74 Å². The van der Waals surface area contributed by atoms with Gasteiger partial charge in [0.25, 0.3) is 0 Å². The first-order valence-electron chi connectivity index (χ1n) is 8.47. The van der Waals surface area contributed by atoms with E-state index in [1.54, 1.807) is 7.11 Å². The van der Waals surface area contributed by atoms with E-state index < -0.39 is 0 Å². The number of methoxy groups -OCH3 is 1. The molecular formula is C20H24BrNO2. The van der Waals surface area contributed by atoms with Gasteiger partial charge in [-0.3, -0.25) is 4.90 Å². The second kappa shape index (κ2) is 8.04. The van der Waals surface area contributed by atoms with Gasteiger partial charge in [-0.05, 0) is 77.5 Å². The normalized spacial score (nSPS) is 16.2.